The predicted molar refractivity (Wildman–Crippen MR) is 91.5 cm³/mol. The summed E-state index contributed by atoms with van der Waals surface area (Å²) in [5, 5.41) is 2.90. The van der Waals surface area contributed by atoms with Crippen molar-refractivity contribution in [3.05, 3.63) is 23.4 Å². The molecule has 144 valence electrons. The summed E-state index contributed by atoms with van der Waals surface area (Å²) in [6.07, 6.45) is -2.04. The molecule has 3 rings (SSSR count). The van der Waals surface area contributed by atoms with E-state index in [9.17, 15) is 18.0 Å². The number of halogens is 3. The van der Waals surface area contributed by atoms with Crippen molar-refractivity contribution in [1.29, 1.82) is 0 Å². The highest BCUT2D eigenvalue weighted by atomic mass is 32.2. The zero-order chi connectivity index (χ0) is 18.8. The van der Waals surface area contributed by atoms with Crippen molar-refractivity contribution in [2.75, 3.05) is 31.8 Å². The number of hydrogen-bond acceptors (Lipinski definition) is 5. The number of nitrogens with one attached hydrogen (secondary N) is 1. The van der Waals surface area contributed by atoms with Crippen LogP contribution in [0.4, 0.5) is 13.2 Å². The quantitative estimate of drug-likeness (QED) is 0.739. The van der Waals surface area contributed by atoms with Crippen molar-refractivity contribution in [2.24, 2.45) is 5.92 Å². The van der Waals surface area contributed by atoms with Gasteiger partial charge in [0.25, 0.3) is 5.91 Å². The summed E-state index contributed by atoms with van der Waals surface area (Å²) in [6.45, 7) is 0.687. The van der Waals surface area contributed by atoms with Gasteiger partial charge in [0.2, 0.25) is 5.88 Å². The third-order valence-corrected chi connectivity index (χ3v) is 5.98. The standard InChI is InChI=1S/C17H21F3N2O3S/c1-24-7-6-16(9-26-10-16)22-14(23)13-5-4-12(17(18,19)20)15(21-13)25-8-11-2-3-11/h4-5,11H,2-3,6-10H2,1H3,(H,22,23). The van der Waals surface area contributed by atoms with Crippen LogP contribution in [0, 0.1) is 5.92 Å². The van der Waals surface area contributed by atoms with Gasteiger partial charge >= 0.3 is 6.18 Å². The first-order chi connectivity index (χ1) is 12.3. The van der Waals surface area contributed by atoms with E-state index in [1.54, 1.807) is 18.9 Å². The highest BCUT2D eigenvalue weighted by molar-refractivity contribution is 8.00. The van der Waals surface area contributed by atoms with Gasteiger partial charge in [-0.1, -0.05) is 0 Å². The van der Waals surface area contributed by atoms with Gasteiger partial charge in [0.15, 0.2) is 0 Å². The van der Waals surface area contributed by atoms with Gasteiger partial charge in [-0.3, -0.25) is 4.79 Å². The average molecular weight is 390 g/mol. The second-order valence-corrected chi connectivity index (χ2v) is 7.76. The Morgan fingerprint density at radius 3 is 2.65 bits per heavy atom. The largest absolute Gasteiger partial charge is 0.477 e. The van der Waals surface area contributed by atoms with Gasteiger partial charge in [0.1, 0.15) is 11.3 Å². The highest BCUT2D eigenvalue weighted by Crippen LogP contribution is 2.37. The molecule has 0 unspecified atom stereocenters. The molecule has 2 aliphatic rings. The normalized spacial score (nSPS) is 18.9. The molecule has 1 N–H and O–H groups in total. The smallest absolute Gasteiger partial charge is 0.421 e. The van der Waals surface area contributed by atoms with Crippen molar-refractivity contribution in [3.63, 3.8) is 0 Å². The minimum absolute atomic E-state index is 0.0718. The number of ether oxygens (including phenoxy) is 2. The van der Waals surface area contributed by atoms with Crippen molar-refractivity contribution >= 4 is 17.7 Å². The Hall–Kier alpha value is -1.48. The molecular weight excluding hydrogens is 369 g/mol. The molecule has 2 fully saturated rings. The molecule has 0 aromatic carbocycles. The van der Waals surface area contributed by atoms with Crippen molar-refractivity contribution in [2.45, 2.75) is 31.0 Å². The van der Waals surface area contributed by atoms with E-state index in [1.807, 2.05) is 0 Å². The SMILES string of the molecule is COCCC1(NC(=O)c2ccc(C(F)(F)F)c(OCC3CC3)n2)CSC1. The number of pyridine rings is 1. The van der Waals surface area contributed by atoms with E-state index < -0.39 is 29.1 Å². The topological polar surface area (TPSA) is 60.5 Å². The van der Waals surface area contributed by atoms with E-state index in [4.69, 9.17) is 9.47 Å². The third-order valence-electron chi connectivity index (χ3n) is 4.47. The number of alkyl halides is 3. The number of aromatic nitrogens is 1. The van der Waals surface area contributed by atoms with E-state index in [-0.39, 0.29) is 18.2 Å². The van der Waals surface area contributed by atoms with Crippen molar-refractivity contribution in [3.8, 4) is 5.88 Å². The second-order valence-electron chi connectivity index (χ2n) is 6.77. The lowest BCUT2D eigenvalue weighted by Crippen LogP contribution is -2.58. The van der Waals surface area contributed by atoms with Crippen molar-refractivity contribution in [1.82, 2.24) is 10.3 Å². The molecule has 1 aliphatic carbocycles. The van der Waals surface area contributed by atoms with Crippen LogP contribution in [-0.4, -0.2) is 48.3 Å². The van der Waals surface area contributed by atoms with Crippen LogP contribution >= 0.6 is 11.8 Å². The average Bonchev–Trinajstić information content (AvgIpc) is 3.38. The van der Waals surface area contributed by atoms with Gasteiger partial charge < -0.3 is 14.8 Å². The Morgan fingerprint density at radius 2 is 2.12 bits per heavy atom. The van der Waals surface area contributed by atoms with Crippen LogP contribution in [0.15, 0.2) is 12.1 Å². The molecule has 1 saturated carbocycles. The first-order valence-corrected chi connectivity index (χ1v) is 9.59. The molecule has 1 aromatic rings. The molecule has 0 atom stereocenters. The van der Waals surface area contributed by atoms with Crippen molar-refractivity contribution < 1.29 is 27.4 Å². The Kier molecular flexibility index (Phi) is 5.67. The van der Waals surface area contributed by atoms with E-state index in [0.29, 0.717) is 13.0 Å². The number of thioether (sulfide) groups is 1. The van der Waals surface area contributed by atoms with Crippen LogP contribution in [0.5, 0.6) is 5.88 Å². The Labute approximate surface area is 154 Å². The molecule has 5 nitrogen and oxygen atoms in total. The molecule has 1 saturated heterocycles. The summed E-state index contributed by atoms with van der Waals surface area (Å²) in [5.41, 5.74) is -1.42. The summed E-state index contributed by atoms with van der Waals surface area (Å²) >= 11 is 1.69. The van der Waals surface area contributed by atoms with E-state index in [2.05, 4.69) is 10.3 Å². The molecular formula is C17H21F3N2O3S. The van der Waals surface area contributed by atoms with E-state index in [1.165, 1.54) is 0 Å². The van der Waals surface area contributed by atoms with Crippen LogP contribution < -0.4 is 10.1 Å². The summed E-state index contributed by atoms with van der Waals surface area (Å²) in [4.78, 5) is 16.4. The Bertz CT molecular complexity index is 661. The van der Waals surface area contributed by atoms with E-state index >= 15 is 0 Å². The lowest BCUT2D eigenvalue weighted by molar-refractivity contribution is -0.139. The fraction of sp³-hybridized carbons (Fsp3) is 0.647. The number of methoxy groups -OCH3 is 1. The monoisotopic (exact) mass is 390 g/mol. The molecule has 0 spiro atoms. The molecule has 26 heavy (non-hydrogen) atoms. The highest BCUT2D eigenvalue weighted by Gasteiger charge is 2.40. The third kappa shape index (κ3) is 4.62. The van der Waals surface area contributed by atoms with Gasteiger partial charge in [0, 0.05) is 25.2 Å². The maximum atomic E-state index is 13.2. The van der Waals surface area contributed by atoms with Gasteiger partial charge in [-0.25, -0.2) is 4.98 Å². The number of hydrogen-bond donors (Lipinski definition) is 1. The number of nitrogens with zero attached hydrogens (tertiary/aromatic N) is 1. The summed E-state index contributed by atoms with van der Waals surface area (Å²) in [5.74, 6) is 0.749. The molecule has 1 aromatic heterocycles. The van der Waals surface area contributed by atoms with Crippen LogP contribution in [-0.2, 0) is 10.9 Å². The van der Waals surface area contributed by atoms with Gasteiger partial charge in [-0.05, 0) is 37.3 Å². The molecule has 2 heterocycles. The summed E-state index contributed by atoms with van der Waals surface area (Å²) in [6, 6.07) is 1.96. The molecule has 1 aliphatic heterocycles. The number of carbonyl (C=O) groups excluding carboxylic acids is 1. The fourth-order valence-corrected chi connectivity index (χ4v) is 3.73. The summed E-state index contributed by atoms with van der Waals surface area (Å²) in [7, 11) is 1.59. The fourth-order valence-electron chi connectivity index (χ4n) is 2.60. The molecule has 0 radical (unpaired) electrons. The maximum absolute atomic E-state index is 13.2. The van der Waals surface area contributed by atoms with Gasteiger partial charge in [-0.2, -0.15) is 24.9 Å². The van der Waals surface area contributed by atoms with Gasteiger partial charge in [-0.15, -0.1) is 0 Å². The minimum Gasteiger partial charge on any atom is -0.477 e. The number of carbonyl (C=O) groups is 1. The molecule has 0 bridgehead atoms. The number of amides is 1. The zero-order valence-electron chi connectivity index (χ0n) is 14.4. The minimum atomic E-state index is -4.58. The summed E-state index contributed by atoms with van der Waals surface area (Å²) < 4.78 is 49.8. The predicted octanol–water partition coefficient (Wildman–Crippen LogP) is 3.14. The van der Waals surface area contributed by atoms with Crippen LogP contribution in [0.25, 0.3) is 0 Å². The number of rotatable bonds is 8. The van der Waals surface area contributed by atoms with E-state index in [0.717, 1.165) is 36.5 Å². The van der Waals surface area contributed by atoms with Gasteiger partial charge in [0.05, 0.1) is 12.1 Å². The first kappa shape index (κ1) is 19.3. The lowest BCUT2D eigenvalue weighted by Gasteiger charge is -2.41. The van der Waals surface area contributed by atoms with Crippen LogP contribution in [0.2, 0.25) is 0 Å². The Morgan fingerprint density at radius 1 is 1.38 bits per heavy atom. The van der Waals surface area contributed by atoms with Crippen LogP contribution in [0.1, 0.15) is 35.3 Å². The lowest BCUT2D eigenvalue weighted by atomic mass is 9.99. The Balaban J connectivity index is 1.75. The molecule has 9 heteroatoms. The first-order valence-electron chi connectivity index (χ1n) is 8.43. The second kappa shape index (κ2) is 7.64. The maximum Gasteiger partial charge on any atom is 0.421 e. The van der Waals surface area contributed by atoms with Crippen LogP contribution in [0.3, 0.4) is 0 Å². The zero-order valence-corrected chi connectivity index (χ0v) is 15.2. The molecule has 1 amide bonds.